The Morgan fingerprint density at radius 1 is 1.75 bits per heavy atom. The summed E-state index contributed by atoms with van der Waals surface area (Å²) >= 11 is 0. The van der Waals surface area contributed by atoms with Crippen molar-refractivity contribution >= 4 is 12.0 Å². The minimum atomic E-state index is -1.06. The zero-order chi connectivity index (χ0) is 9.14. The molecule has 5 nitrogen and oxygen atoms in total. The lowest BCUT2D eigenvalue weighted by molar-refractivity contribution is -0.127. The molecule has 1 fully saturated rings. The van der Waals surface area contributed by atoms with Gasteiger partial charge in [-0.05, 0) is 12.8 Å². The van der Waals surface area contributed by atoms with Gasteiger partial charge in [-0.1, -0.05) is 0 Å². The molecule has 1 aliphatic heterocycles. The van der Waals surface area contributed by atoms with E-state index in [9.17, 15) is 9.59 Å². The molecule has 0 spiro atoms. The molecule has 2 N–H and O–H groups in total. The highest BCUT2D eigenvalue weighted by molar-refractivity contribution is 5.85. The number of likely N-dealkylation sites (N-methyl/N-ethyl adjacent to an activating group) is 1. The van der Waals surface area contributed by atoms with Gasteiger partial charge in [0.1, 0.15) is 6.04 Å². The van der Waals surface area contributed by atoms with Gasteiger partial charge in [0.2, 0.25) is 5.91 Å². The fourth-order valence-electron chi connectivity index (χ4n) is 1.26. The van der Waals surface area contributed by atoms with Gasteiger partial charge in [0, 0.05) is 13.6 Å². The van der Waals surface area contributed by atoms with Gasteiger partial charge in [-0.3, -0.25) is 9.69 Å². The van der Waals surface area contributed by atoms with E-state index in [1.54, 1.807) is 0 Å². The van der Waals surface area contributed by atoms with Crippen LogP contribution in [0.25, 0.3) is 0 Å². The lowest BCUT2D eigenvalue weighted by Crippen LogP contribution is -2.50. The second-order valence-corrected chi connectivity index (χ2v) is 2.84. The number of carboxylic acid groups (broad SMARTS) is 1. The molecule has 1 heterocycles. The highest BCUT2D eigenvalue weighted by Crippen LogP contribution is 2.09. The number of hydrogen-bond donors (Lipinski definition) is 2. The van der Waals surface area contributed by atoms with Gasteiger partial charge >= 0.3 is 6.09 Å². The molecule has 0 saturated carbocycles. The van der Waals surface area contributed by atoms with Gasteiger partial charge in [-0.2, -0.15) is 0 Å². The minimum Gasteiger partial charge on any atom is -0.465 e. The topological polar surface area (TPSA) is 69.6 Å². The van der Waals surface area contributed by atoms with Crippen LogP contribution in [0.5, 0.6) is 0 Å². The number of nitrogens with zero attached hydrogens (tertiary/aromatic N) is 1. The molecule has 5 heteroatoms. The summed E-state index contributed by atoms with van der Waals surface area (Å²) in [4.78, 5) is 22.7. The first-order chi connectivity index (χ1) is 5.63. The number of carbonyl (C=O) groups is 2. The van der Waals surface area contributed by atoms with E-state index in [0.29, 0.717) is 13.0 Å². The van der Waals surface area contributed by atoms with E-state index < -0.39 is 12.1 Å². The zero-order valence-electron chi connectivity index (χ0n) is 6.91. The Bertz CT molecular complexity index is 205. The average molecular weight is 172 g/mol. The fraction of sp³-hybridized carbons (Fsp3) is 0.714. The predicted octanol–water partition coefficient (Wildman–Crippen LogP) is -0.125. The van der Waals surface area contributed by atoms with E-state index in [4.69, 9.17) is 5.11 Å². The number of amides is 2. The molecular weight excluding hydrogens is 160 g/mol. The van der Waals surface area contributed by atoms with Crippen LogP contribution in [-0.2, 0) is 4.79 Å². The second-order valence-electron chi connectivity index (χ2n) is 2.84. The van der Waals surface area contributed by atoms with Crippen molar-refractivity contribution in [1.29, 1.82) is 0 Å². The number of rotatable bonds is 1. The molecule has 2 amide bonds. The first kappa shape index (κ1) is 8.83. The molecule has 0 radical (unpaired) electrons. The molecule has 1 rings (SSSR count). The van der Waals surface area contributed by atoms with Crippen LogP contribution in [0, 0.1) is 0 Å². The van der Waals surface area contributed by atoms with Crippen molar-refractivity contribution in [3.05, 3.63) is 0 Å². The highest BCUT2D eigenvalue weighted by Gasteiger charge is 2.28. The summed E-state index contributed by atoms with van der Waals surface area (Å²) < 4.78 is 0. The maximum absolute atomic E-state index is 11.1. The van der Waals surface area contributed by atoms with Crippen molar-refractivity contribution in [1.82, 2.24) is 10.2 Å². The second kappa shape index (κ2) is 3.42. The number of hydrogen-bond acceptors (Lipinski definition) is 2. The average Bonchev–Trinajstić information content (AvgIpc) is 2.04. The van der Waals surface area contributed by atoms with Gasteiger partial charge in [0.15, 0.2) is 0 Å². The summed E-state index contributed by atoms with van der Waals surface area (Å²) in [6.07, 6.45) is 0.403. The third-order valence-corrected chi connectivity index (χ3v) is 2.03. The lowest BCUT2D eigenvalue weighted by atomic mass is 10.1. The Morgan fingerprint density at radius 2 is 2.42 bits per heavy atom. The SMILES string of the molecule is CN(C(=O)O)C1CCCNC1=O. The molecule has 1 aliphatic rings. The van der Waals surface area contributed by atoms with Crippen molar-refractivity contribution in [3.63, 3.8) is 0 Å². The van der Waals surface area contributed by atoms with Crippen molar-refractivity contribution in [2.24, 2.45) is 0 Å². The number of nitrogens with one attached hydrogen (secondary N) is 1. The van der Waals surface area contributed by atoms with Crippen LogP contribution in [0.1, 0.15) is 12.8 Å². The van der Waals surface area contributed by atoms with E-state index in [0.717, 1.165) is 11.3 Å². The first-order valence-corrected chi connectivity index (χ1v) is 3.86. The molecule has 1 unspecified atom stereocenters. The van der Waals surface area contributed by atoms with E-state index >= 15 is 0 Å². The van der Waals surface area contributed by atoms with Crippen LogP contribution in [0.15, 0.2) is 0 Å². The number of piperidine rings is 1. The Balaban J connectivity index is 2.59. The van der Waals surface area contributed by atoms with Gasteiger partial charge in [0.05, 0.1) is 0 Å². The van der Waals surface area contributed by atoms with Gasteiger partial charge in [-0.25, -0.2) is 4.79 Å². The molecular formula is C7H12N2O3. The van der Waals surface area contributed by atoms with Crippen LogP contribution in [0.2, 0.25) is 0 Å². The Kier molecular flexibility index (Phi) is 2.52. The Hall–Kier alpha value is -1.26. The van der Waals surface area contributed by atoms with Crippen LogP contribution < -0.4 is 5.32 Å². The fourth-order valence-corrected chi connectivity index (χ4v) is 1.26. The summed E-state index contributed by atoms with van der Waals surface area (Å²) in [5.41, 5.74) is 0. The van der Waals surface area contributed by atoms with E-state index in [1.807, 2.05) is 0 Å². The quantitative estimate of drug-likeness (QED) is 0.579. The third-order valence-electron chi connectivity index (χ3n) is 2.03. The van der Waals surface area contributed by atoms with E-state index in [1.165, 1.54) is 7.05 Å². The van der Waals surface area contributed by atoms with Crippen molar-refractivity contribution in [2.45, 2.75) is 18.9 Å². The summed E-state index contributed by atoms with van der Waals surface area (Å²) in [5.74, 6) is -0.189. The van der Waals surface area contributed by atoms with Crippen LogP contribution in [0.4, 0.5) is 4.79 Å². The van der Waals surface area contributed by atoms with E-state index in [2.05, 4.69) is 5.32 Å². The van der Waals surface area contributed by atoms with Crippen molar-refractivity contribution in [2.75, 3.05) is 13.6 Å². The maximum atomic E-state index is 11.1. The summed E-state index contributed by atoms with van der Waals surface area (Å²) in [5, 5.41) is 11.2. The first-order valence-electron chi connectivity index (χ1n) is 3.86. The van der Waals surface area contributed by atoms with Crippen molar-refractivity contribution in [3.8, 4) is 0 Å². The standard InChI is InChI=1S/C7H12N2O3/c1-9(7(11)12)5-3-2-4-8-6(5)10/h5H,2-4H2,1H3,(H,8,10)(H,11,12). The van der Waals surface area contributed by atoms with Gasteiger partial charge in [-0.15, -0.1) is 0 Å². The lowest BCUT2D eigenvalue weighted by Gasteiger charge is -2.28. The maximum Gasteiger partial charge on any atom is 0.407 e. The molecule has 0 bridgehead atoms. The molecule has 0 aliphatic carbocycles. The third kappa shape index (κ3) is 1.66. The Morgan fingerprint density at radius 3 is 2.92 bits per heavy atom. The highest BCUT2D eigenvalue weighted by atomic mass is 16.4. The van der Waals surface area contributed by atoms with Gasteiger partial charge < -0.3 is 10.4 Å². The van der Waals surface area contributed by atoms with Gasteiger partial charge in [0.25, 0.3) is 0 Å². The molecule has 1 atom stereocenters. The van der Waals surface area contributed by atoms with Crippen LogP contribution >= 0.6 is 0 Å². The molecule has 0 aromatic heterocycles. The molecule has 68 valence electrons. The number of carbonyl (C=O) groups excluding carboxylic acids is 1. The molecule has 1 saturated heterocycles. The van der Waals surface area contributed by atoms with Crippen molar-refractivity contribution < 1.29 is 14.7 Å². The Labute approximate surface area is 70.4 Å². The zero-order valence-corrected chi connectivity index (χ0v) is 6.91. The summed E-state index contributed by atoms with van der Waals surface area (Å²) in [7, 11) is 1.41. The smallest absolute Gasteiger partial charge is 0.407 e. The van der Waals surface area contributed by atoms with E-state index in [-0.39, 0.29) is 5.91 Å². The van der Waals surface area contributed by atoms with Crippen LogP contribution in [-0.4, -0.2) is 41.6 Å². The largest absolute Gasteiger partial charge is 0.465 e. The molecule has 0 aromatic carbocycles. The molecule has 12 heavy (non-hydrogen) atoms. The molecule has 0 aromatic rings. The van der Waals surface area contributed by atoms with Crippen LogP contribution in [0.3, 0.4) is 0 Å². The normalized spacial score (nSPS) is 23.1. The minimum absolute atomic E-state index is 0.189. The predicted molar refractivity (Wildman–Crippen MR) is 41.8 cm³/mol. The summed E-state index contributed by atoms with van der Waals surface area (Å²) in [6.45, 7) is 0.656. The monoisotopic (exact) mass is 172 g/mol. The summed E-state index contributed by atoms with van der Waals surface area (Å²) in [6, 6.07) is -0.503.